The van der Waals surface area contributed by atoms with Gasteiger partial charge in [-0.2, -0.15) is 0 Å². The molecule has 1 aliphatic rings. The van der Waals surface area contributed by atoms with Crippen molar-refractivity contribution >= 4 is 41.2 Å². The molecule has 1 aromatic carbocycles. The molecule has 9 heteroatoms. The summed E-state index contributed by atoms with van der Waals surface area (Å²) < 4.78 is 4.99. The van der Waals surface area contributed by atoms with Crippen LogP contribution in [0.4, 0.5) is 5.69 Å². The Morgan fingerprint density at radius 2 is 1.93 bits per heavy atom. The van der Waals surface area contributed by atoms with Crippen LogP contribution < -0.4 is 4.90 Å². The highest BCUT2D eigenvalue weighted by Crippen LogP contribution is 2.35. The topological polar surface area (TPSA) is 114 Å². The van der Waals surface area contributed by atoms with E-state index in [1.54, 1.807) is 19.1 Å². The molecule has 0 bridgehead atoms. The third-order valence-corrected chi connectivity index (χ3v) is 5.20. The maximum Gasteiger partial charge on any atom is 0.340 e. The van der Waals surface area contributed by atoms with Crippen LogP contribution in [0.5, 0.6) is 0 Å². The van der Waals surface area contributed by atoms with Crippen LogP contribution in [0.15, 0.2) is 47.6 Å². The van der Waals surface area contributed by atoms with Crippen molar-refractivity contribution in [2.24, 2.45) is 0 Å². The summed E-state index contributed by atoms with van der Waals surface area (Å²) in [4.78, 5) is 53.9. The van der Waals surface area contributed by atoms with Crippen molar-refractivity contribution in [1.82, 2.24) is 4.98 Å². The molecule has 1 atom stereocenters. The quantitative estimate of drug-likeness (QED) is 0.581. The number of benzene rings is 1. The second kappa shape index (κ2) is 8.22. The van der Waals surface area contributed by atoms with Gasteiger partial charge in [0.2, 0.25) is 11.8 Å². The summed E-state index contributed by atoms with van der Waals surface area (Å²) in [5.41, 5.74) is 0.220. The molecule has 1 fully saturated rings. The average Bonchev–Trinajstić information content (AvgIpc) is 2.95. The number of thioether (sulfide) groups is 1. The Balaban J connectivity index is 1.90. The number of rotatable bonds is 6. The predicted octanol–water partition coefficient (Wildman–Crippen LogP) is 2.38. The Labute approximate surface area is 164 Å². The number of carbonyl (C=O) groups excluding carboxylic acids is 3. The van der Waals surface area contributed by atoms with Crippen LogP contribution in [-0.2, 0) is 14.3 Å². The number of ether oxygens (including phenoxy) is 1. The van der Waals surface area contributed by atoms with Crippen molar-refractivity contribution in [3.8, 4) is 0 Å². The monoisotopic (exact) mass is 400 g/mol. The van der Waals surface area contributed by atoms with Gasteiger partial charge in [0.05, 0.1) is 28.7 Å². The smallest absolute Gasteiger partial charge is 0.340 e. The summed E-state index contributed by atoms with van der Waals surface area (Å²) >= 11 is 0.921. The van der Waals surface area contributed by atoms with Crippen LogP contribution in [0.1, 0.15) is 34.1 Å². The minimum absolute atomic E-state index is 0.0434. The molecule has 1 aromatic heterocycles. The van der Waals surface area contributed by atoms with Crippen LogP contribution >= 0.6 is 11.8 Å². The van der Waals surface area contributed by atoms with Gasteiger partial charge in [-0.1, -0.05) is 23.9 Å². The number of carboxylic acid groups (broad SMARTS) is 1. The minimum Gasteiger partial charge on any atom is -0.478 e. The molecule has 0 saturated carbocycles. The standard InChI is InChI=1S/C19H16N2O6S/c1-2-27-19(26)11-6-3-4-8-13(11)21-15(22)10-14(17(21)23)28-16-12(18(24)25)7-5-9-20-16/h3-9,14H,2,10H2,1H3,(H,24,25)/t14-/m1/s1. The summed E-state index contributed by atoms with van der Waals surface area (Å²) in [5, 5.41) is 8.59. The zero-order valence-electron chi connectivity index (χ0n) is 14.8. The number of esters is 1. The van der Waals surface area contributed by atoms with Gasteiger partial charge < -0.3 is 9.84 Å². The van der Waals surface area contributed by atoms with Crippen LogP contribution in [0.2, 0.25) is 0 Å². The van der Waals surface area contributed by atoms with Crippen LogP contribution in [0.3, 0.4) is 0 Å². The fraction of sp³-hybridized carbons (Fsp3) is 0.211. The van der Waals surface area contributed by atoms with Gasteiger partial charge in [-0.05, 0) is 31.2 Å². The number of carboxylic acids is 1. The summed E-state index contributed by atoms with van der Waals surface area (Å²) in [7, 11) is 0. The molecule has 2 amide bonds. The van der Waals surface area contributed by atoms with Crippen LogP contribution in [0, 0.1) is 0 Å². The molecule has 0 unspecified atom stereocenters. The number of hydrogen-bond donors (Lipinski definition) is 1. The van der Waals surface area contributed by atoms with E-state index in [0.29, 0.717) is 0 Å². The van der Waals surface area contributed by atoms with Crippen molar-refractivity contribution < 1.29 is 29.0 Å². The lowest BCUT2D eigenvalue weighted by Gasteiger charge is -2.18. The Hall–Kier alpha value is -3.20. The van der Waals surface area contributed by atoms with Crippen molar-refractivity contribution in [2.45, 2.75) is 23.6 Å². The van der Waals surface area contributed by atoms with E-state index < -0.39 is 29.0 Å². The molecular formula is C19H16N2O6S. The van der Waals surface area contributed by atoms with E-state index in [1.807, 2.05) is 0 Å². The third kappa shape index (κ3) is 3.74. The van der Waals surface area contributed by atoms with Gasteiger partial charge in [-0.25, -0.2) is 19.5 Å². The van der Waals surface area contributed by atoms with E-state index in [2.05, 4.69) is 4.98 Å². The lowest BCUT2D eigenvalue weighted by atomic mass is 10.1. The third-order valence-electron chi connectivity index (χ3n) is 4.00. The van der Waals surface area contributed by atoms with Gasteiger partial charge in [0, 0.05) is 12.6 Å². The van der Waals surface area contributed by atoms with Gasteiger partial charge in [0.15, 0.2) is 0 Å². The molecule has 144 valence electrons. The van der Waals surface area contributed by atoms with Gasteiger partial charge in [0.1, 0.15) is 5.03 Å². The number of anilines is 1. The number of hydrogen-bond acceptors (Lipinski definition) is 7. The fourth-order valence-electron chi connectivity index (χ4n) is 2.78. The van der Waals surface area contributed by atoms with E-state index in [9.17, 15) is 24.3 Å². The number of carbonyl (C=O) groups is 4. The van der Waals surface area contributed by atoms with E-state index in [4.69, 9.17) is 4.74 Å². The maximum atomic E-state index is 12.9. The molecule has 1 aliphatic heterocycles. The summed E-state index contributed by atoms with van der Waals surface area (Å²) in [6, 6.07) is 9.07. The van der Waals surface area contributed by atoms with Gasteiger partial charge in [-0.3, -0.25) is 9.59 Å². The molecule has 1 N–H and O–H groups in total. The number of pyridine rings is 1. The molecule has 2 heterocycles. The number of nitrogens with zero attached hydrogens (tertiary/aromatic N) is 2. The second-order valence-electron chi connectivity index (χ2n) is 5.78. The van der Waals surface area contributed by atoms with E-state index in [0.717, 1.165) is 16.7 Å². The molecule has 0 radical (unpaired) electrons. The average molecular weight is 400 g/mol. The molecule has 3 rings (SSSR count). The first-order valence-electron chi connectivity index (χ1n) is 8.42. The number of amides is 2. The largest absolute Gasteiger partial charge is 0.478 e. The number of para-hydroxylation sites is 1. The van der Waals surface area contributed by atoms with Gasteiger partial charge in [0.25, 0.3) is 0 Å². The predicted molar refractivity (Wildman–Crippen MR) is 100 cm³/mol. The molecule has 1 saturated heterocycles. The molecule has 0 spiro atoms. The van der Waals surface area contributed by atoms with Gasteiger partial charge in [-0.15, -0.1) is 0 Å². The van der Waals surface area contributed by atoms with Crippen molar-refractivity contribution in [2.75, 3.05) is 11.5 Å². The van der Waals surface area contributed by atoms with Crippen LogP contribution in [-0.4, -0.2) is 45.7 Å². The lowest BCUT2D eigenvalue weighted by Crippen LogP contribution is -2.32. The normalized spacial score (nSPS) is 16.3. The van der Waals surface area contributed by atoms with Crippen molar-refractivity contribution in [3.05, 3.63) is 53.7 Å². The Kier molecular flexibility index (Phi) is 5.74. The summed E-state index contributed by atoms with van der Waals surface area (Å²) in [5.74, 6) is -2.81. The Bertz CT molecular complexity index is 961. The first kappa shape index (κ1) is 19.6. The van der Waals surface area contributed by atoms with E-state index >= 15 is 0 Å². The lowest BCUT2D eigenvalue weighted by molar-refractivity contribution is -0.121. The van der Waals surface area contributed by atoms with Crippen molar-refractivity contribution in [3.63, 3.8) is 0 Å². The van der Waals surface area contributed by atoms with Crippen LogP contribution in [0.25, 0.3) is 0 Å². The first-order chi connectivity index (χ1) is 13.4. The maximum absolute atomic E-state index is 12.9. The molecular weight excluding hydrogens is 384 g/mol. The highest BCUT2D eigenvalue weighted by molar-refractivity contribution is 8.00. The zero-order valence-corrected chi connectivity index (χ0v) is 15.6. The Morgan fingerprint density at radius 3 is 2.64 bits per heavy atom. The SMILES string of the molecule is CCOC(=O)c1ccccc1N1C(=O)C[C@@H](Sc2ncccc2C(=O)O)C1=O. The van der Waals surface area contributed by atoms with E-state index in [1.165, 1.54) is 30.5 Å². The number of aromatic carboxylic acids is 1. The summed E-state index contributed by atoms with van der Waals surface area (Å²) in [6.07, 6.45) is 1.29. The Morgan fingerprint density at radius 1 is 1.21 bits per heavy atom. The zero-order chi connectivity index (χ0) is 20.3. The number of aromatic nitrogens is 1. The molecule has 2 aromatic rings. The second-order valence-corrected chi connectivity index (χ2v) is 6.97. The molecule has 8 nitrogen and oxygen atoms in total. The molecule has 0 aliphatic carbocycles. The van der Waals surface area contributed by atoms with Gasteiger partial charge >= 0.3 is 11.9 Å². The molecule has 28 heavy (non-hydrogen) atoms. The highest BCUT2D eigenvalue weighted by Gasteiger charge is 2.42. The number of imide groups is 1. The summed E-state index contributed by atoms with van der Waals surface area (Å²) in [6.45, 7) is 1.82. The van der Waals surface area contributed by atoms with Crippen molar-refractivity contribution in [1.29, 1.82) is 0 Å². The first-order valence-corrected chi connectivity index (χ1v) is 9.30. The van der Waals surface area contributed by atoms with E-state index in [-0.39, 0.29) is 34.9 Å². The fourth-order valence-corrected chi connectivity index (χ4v) is 3.89. The highest BCUT2D eigenvalue weighted by atomic mass is 32.2. The minimum atomic E-state index is -1.17.